The summed E-state index contributed by atoms with van der Waals surface area (Å²) in [6.07, 6.45) is 1.11. The Hall–Kier alpha value is -0.930. The standard InChI is InChI=1S/C12H16ClNO2/c1-16-8-9-5-6-14(7-9)10-3-2-4-11(15)12(10)13/h2-4,9,15H,5-8H2,1H3/t9-/m0/s1. The Labute approximate surface area is 101 Å². The summed E-state index contributed by atoms with van der Waals surface area (Å²) in [6.45, 7) is 2.70. The number of phenols is 1. The smallest absolute Gasteiger partial charge is 0.136 e. The van der Waals surface area contributed by atoms with Crippen LogP contribution in [0.15, 0.2) is 18.2 Å². The maximum absolute atomic E-state index is 9.55. The summed E-state index contributed by atoms with van der Waals surface area (Å²) in [5.74, 6) is 0.706. The fraction of sp³-hybridized carbons (Fsp3) is 0.500. The molecule has 0 aliphatic carbocycles. The fourth-order valence-corrected chi connectivity index (χ4v) is 2.42. The van der Waals surface area contributed by atoms with Crippen LogP contribution >= 0.6 is 11.6 Å². The first-order valence-electron chi connectivity index (χ1n) is 5.43. The molecule has 0 spiro atoms. The first-order chi connectivity index (χ1) is 7.72. The average Bonchev–Trinajstić information content (AvgIpc) is 2.71. The molecule has 0 amide bonds. The van der Waals surface area contributed by atoms with Crippen LogP contribution in [-0.4, -0.2) is 31.9 Å². The van der Waals surface area contributed by atoms with E-state index in [1.165, 1.54) is 0 Å². The molecule has 1 fully saturated rings. The zero-order valence-electron chi connectivity index (χ0n) is 9.32. The molecule has 0 aromatic heterocycles. The summed E-state index contributed by atoms with van der Waals surface area (Å²) >= 11 is 6.08. The minimum Gasteiger partial charge on any atom is -0.506 e. The Bertz CT molecular complexity index is 370. The van der Waals surface area contributed by atoms with E-state index in [2.05, 4.69) is 4.90 Å². The summed E-state index contributed by atoms with van der Waals surface area (Å²) < 4.78 is 5.15. The maximum atomic E-state index is 9.55. The minimum absolute atomic E-state index is 0.148. The molecule has 1 aromatic rings. The van der Waals surface area contributed by atoms with Gasteiger partial charge in [-0.25, -0.2) is 0 Å². The molecule has 2 rings (SSSR count). The SMILES string of the molecule is COC[C@H]1CCN(c2cccc(O)c2Cl)C1. The topological polar surface area (TPSA) is 32.7 Å². The number of anilines is 1. The van der Waals surface area contributed by atoms with E-state index in [9.17, 15) is 5.11 Å². The Balaban J connectivity index is 2.11. The van der Waals surface area contributed by atoms with Crippen LogP contribution in [-0.2, 0) is 4.74 Å². The first-order valence-corrected chi connectivity index (χ1v) is 5.81. The van der Waals surface area contributed by atoms with Crippen molar-refractivity contribution in [3.8, 4) is 5.75 Å². The van der Waals surface area contributed by atoms with Gasteiger partial charge in [-0.1, -0.05) is 17.7 Å². The van der Waals surface area contributed by atoms with Crippen molar-refractivity contribution in [3.05, 3.63) is 23.2 Å². The van der Waals surface area contributed by atoms with Crippen LogP contribution in [0.3, 0.4) is 0 Å². The summed E-state index contributed by atoms with van der Waals surface area (Å²) in [7, 11) is 1.73. The van der Waals surface area contributed by atoms with Gasteiger partial charge < -0.3 is 14.7 Å². The van der Waals surface area contributed by atoms with Crippen LogP contribution in [0.1, 0.15) is 6.42 Å². The molecular weight excluding hydrogens is 226 g/mol. The number of hydrogen-bond donors (Lipinski definition) is 1. The molecule has 88 valence electrons. The number of ether oxygens (including phenoxy) is 1. The van der Waals surface area contributed by atoms with Crippen molar-refractivity contribution >= 4 is 17.3 Å². The zero-order valence-corrected chi connectivity index (χ0v) is 10.1. The van der Waals surface area contributed by atoms with E-state index in [4.69, 9.17) is 16.3 Å². The molecule has 16 heavy (non-hydrogen) atoms. The van der Waals surface area contributed by atoms with Gasteiger partial charge in [0.05, 0.1) is 12.3 Å². The first kappa shape index (κ1) is 11.6. The molecule has 1 aromatic carbocycles. The second kappa shape index (κ2) is 4.93. The number of phenolic OH excluding ortho intramolecular Hbond substituents is 1. The van der Waals surface area contributed by atoms with Crippen LogP contribution in [0, 0.1) is 5.92 Å². The van der Waals surface area contributed by atoms with E-state index in [1.807, 2.05) is 12.1 Å². The van der Waals surface area contributed by atoms with Crippen molar-refractivity contribution in [2.45, 2.75) is 6.42 Å². The van der Waals surface area contributed by atoms with E-state index in [0.29, 0.717) is 10.9 Å². The number of halogens is 1. The molecule has 1 aliphatic rings. The van der Waals surface area contributed by atoms with Gasteiger partial charge in [0.15, 0.2) is 0 Å². The molecule has 1 N–H and O–H groups in total. The lowest BCUT2D eigenvalue weighted by Gasteiger charge is -2.20. The van der Waals surface area contributed by atoms with E-state index in [0.717, 1.165) is 31.8 Å². The number of rotatable bonds is 3. The van der Waals surface area contributed by atoms with Crippen molar-refractivity contribution in [1.29, 1.82) is 0 Å². The molecule has 1 atom stereocenters. The van der Waals surface area contributed by atoms with Gasteiger partial charge in [-0.15, -0.1) is 0 Å². The number of hydrogen-bond acceptors (Lipinski definition) is 3. The molecule has 0 bridgehead atoms. The van der Waals surface area contributed by atoms with E-state index in [-0.39, 0.29) is 5.75 Å². The summed E-state index contributed by atoms with van der Waals surface area (Å²) in [5.41, 5.74) is 0.917. The van der Waals surface area contributed by atoms with E-state index in [1.54, 1.807) is 13.2 Å². The molecular formula is C12H16ClNO2. The summed E-state index contributed by atoms with van der Waals surface area (Å²) in [5, 5.41) is 9.99. The quantitative estimate of drug-likeness (QED) is 0.883. The van der Waals surface area contributed by atoms with Crippen LogP contribution in [0.2, 0.25) is 5.02 Å². The Morgan fingerprint density at radius 3 is 3.12 bits per heavy atom. The molecule has 0 saturated carbocycles. The number of aromatic hydroxyl groups is 1. The van der Waals surface area contributed by atoms with Crippen LogP contribution in [0.25, 0.3) is 0 Å². The molecule has 0 unspecified atom stereocenters. The predicted octanol–water partition coefficient (Wildman–Crippen LogP) is 2.52. The van der Waals surface area contributed by atoms with Gasteiger partial charge in [-0.05, 0) is 18.6 Å². The normalized spacial score (nSPS) is 20.4. The van der Waals surface area contributed by atoms with Crippen LogP contribution < -0.4 is 4.90 Å². The molecule has 1 heterocycles. The lowest BCUT2D eigenvalue weighted by Crippen LogP contribution is -2.21. The van der Waals surface area contributed by atoms with Gasteiger partial charge in [-0.2, -0.15) is 0 Å². The molecule has 1 saturated heterocycles. The highest BCUT2D eigenvalue weighted by atomic mass is 35.5. The molecule has 0 radical (unpaired) electrons. The lowest BCUT2D eigenvalue weighted by atomic mass is 10.1. The zero-order chi connectivity index (χ0) is 11.5. The highest BCUT2D eigenvalue weighted by Gasteiger charge is 2.24. The Morgan fingerprint density at radius 2 is 2.38 bits per heavy atom. The highest BCUT2D eigenvalue weighted by molar-refractivity contribution is 6.34. The third kappa shape index (κ3) is 2.25. The fourth-order valence-electron chi connectivity index (χ4n) is 2.18. The van der Waals surface area contributed by atoms with E-state index < -0.39 is 0 Å². The number of nitrogens with zero attached hydrogens (tertiary/aromatic N) is 1. The van der Waals surface area contributed by atoms with Gasteiger partial charge in [0, 0.05) is 26.1 Å². The number of methoxy groups -OCH3 is 1. The van der Waals surface area contributed by atoms with Crippen LogP contribution in [0.5, 0.6) is 5.75 Å². The molecule has 4 heteroatoms. The van der Waals surface area contributed by atoms with Gasteiger partial charge in [0.2, 0.25) is 0 Å². The van der Waals surface area contributed by atoms with Gasteiger partial charge >= 0.3 is 0 Å². The van der Waals surface area contributed by atoms with E-state index >= 15 is 0 Å². The Morgan fingerprint density at radius 1 is 1.56 bits per heavy atom. The van der Waals surface area contributed by atoms with Crippen molar-refractivity contribution in [1.82, 2.24) is 0 Å². The second-order valence-corrected chi connectivity index (χ2v) is 4.54. The van der Waals surface area contributed by atoms with Crippen molar-refractivity contribution in [2.75, 3.05) is 31.7 Å². The summed E-state index contributed by atoms with van der Waals surface area (Å²) in [4.78, 5) is 2.20. The lowest BCUT2D eigenvalue weighted by molar-refractivity contribution is 0.161. The second-order valence-electron chi connectivity index (χ2n) is 4.17. The largest absolute Gasteiger partial charge is 0.506 e. The monoisotopic (exact) mass is 241 g/mol. The van der Waals surface area contributed by atoms with Crippen molar-refractivity contribution in [3.63, 3.8) is 0 Å². The van der Waals surface area contributed by atoms with Gasteiger partial charge in [-0.3, -0.25) is 0 Å². The predicted molar refractivity (Wildman–Crippen MR) is 65.3 cm³/mol. The Kier molecular flexibility index (Phi) is 3.56. The molecule has 3 nitrogen and oxygen atoms in total. The average molecular weight is 242 g/mol. The van der Waals surface area contributed by atoms with Crippen molar-refractivity contribution in [2.24, 2.45) is 5.92 Å². The third-order valence-electron chi connectivity index (χ3n) is 2.99. The minimum atomic E-state index is 0.148. The summed E-state index contributed by atoms with van der Waals surface area (Å²) in [6, 6.07) is 5.37. The third-order valence-corrected chi connectivity index (χ3v) is 3.37. The highest BCUT2D eigenvalue weighted by Crippen LogP contribution is 2.35. The maximum Gasteiger partial charge on any atom is 0.136 e. The van der Waals surface area contributed by atoms with Gasteiger partial charge in [0.1, 0.15) is 10.8 Å². The van der Waals surface area contributed by atoms with Crippen LogP contribution in [0.4, 0.5) is 5.69 Å². The molecule has 1 aliphatic heterocycles. The van der Waals surface area contributed by atoms with Gasteiger partial charge in [0.25, 0.3) is 0 Å². The van der Waals surface area contributed by atoms with Crippen molar-refractivity contribution < 1.29 is 9.84 Å². The number of benzene rings is 1.